The fraction of sp³-hybridized carbons (Fsp3) is 0.222. The van der Waals surface area contributed by atoms with Gasteiger partial charge in [-0.05, 0) is 18.1 Å². The molecule has 0 aliphatic carbocycles. The molecule has 1 N–H and O–H groups in total. The van der Waals surface area contributed by atoms with Crippen molar-refractivity contribution in [2.45, 2.75) is 26.0 Å². The second-order valence-electron chi connectivity index (χ2n) is 5.22. The Labute approximate surface area is 135 Å². The van der Waals surface area contributed by atoms with Gasteiger partial charge in [0, 0.05) is 6.42 Å². The highest BCUT2D eigenvalue weighted by Gasteiger charge is 2.26. The van der Waals surface area contributed by atoms with Crippen molar-refractivity contribution in [3.63, 3.8) is 0 Å². The van der Waals surface area contributed by atoms with Crippen molar-refractivity contribution >= 4 is 11.9 Å². The molecule has 0 saturated heterocycles. The van der Waals surface area contributed by atoms with Crippen LogP contribution in [0.5, 0.6) is 0 Å². The standard InChI is InChI=1S/C18H19NO4/c1-14(20)12-17(16-10-6-3-7-11-16)19(22)18(21)23-13-15-8-4-2-5-9-15/h2-11,17,22H,12-13H2,1H3. The summed E-state index contributed by atoms with van der Waals surface area (Å²) < 4.78 is 5.10. The molecule has 0 aliphatic rings. The van der Waals surface area contributed by atoms with Crippen LogP contribution in [0.1, 0.15) is 30.5 Å². The summed E-state index contributed by atoms with van der Waals surface area (Å²) in [6, 6.07) is 17.3. The number of hydroxylamine groups is 2. The first kappa shape index (κ1) is 16.7. The van der Waals surface area contributed by atoms with Gasteiger partial charge in [0.2, 0.25) is 0 Å². The predicted octanol–water partition coefficient (Wildman–Crippen LogP) is 3.73. The van der Waals surface area contributed by atoms with E-state index in [2.05, 4.69) is 0 Å². The summed E-state index contributed by atoms with van der Waals surface area (Å²) in [7, 11) is 0. The monoisotopic (exact) mass is 313 g/mol. The Morgan fingerprint density at radius 2 is 1.61 bits per heavy atom. The van der Waals surface area contributed by atoms with Crippen LogP contribution in [-0.4, -0.2) is 22.1 Å². The normalized spacial score (nSPS) is 11.6. The zero-order valence-electron chi connectivity index (χ0n) is 12.9. The van der Waals surface area contributed by atoms with Gasteiger partial charge in [0.1, 0.15) is 12.4 Å². The summed E-state index contributed by atoms with van der Waals surface area (Å²) in [5, 5.41) is 10.7. The van der Waals surface area contributed by atoms with Crippen LogP contribution in [0, 0.1) is 0 Å². The number of carbonyl (C=O) groups excluding carboxylic acids is 2. The molecule has 0 spiro atoms. The second kappa shape index (κ2) is 8.10. The Morgan fingerprint density at radius 3 is 2.17 bits per heavy atom. The summed E-state index contributed by atoms with van der Waals surface area (Å²) in [6.45, 7) is 1.47. The van der Waals surface area contributed by atoms with Gasteiger partial charge in [-0.3, -0.25) is 10.0 Å². The number of benzene rings is 2. The van der Waals surface area contributed by atoms with E-state index in [-0.39, 0.29) is 18.8 Å². The summed E-state index contributed by atoms with van der Waals surface area (Å²) >= 11 is 0. The second-order valence-corrected chi connectivity index (χ2v) is 5.22. The van der Waals surface area contributed by atoms with E-state index in [1.807, 2.05) is 36.4 Å². The fourth-order valence-corrected chi connectivity index (χ4v) is 2.21. The fourth-order valence-electron chi connectivity index (χ4n) is 2.21. The van der Waals surface area contributed by atoms with Gasteiger partial charge < -0.3 is 4.74 Å². The lowest BCUT2D eigenvalue weighted by molar-refractivity contribution is -0.129. The van der Waals surface area contributed by atoms with Gasteiger partial charge in [-0.2, -0.15) is 5.06 Å². The van der Waals surface area contributed by atoms with Gasteiger partial charge in [-0.15, -0.1) is 0 Å². The number of Topliss-reactive ketones (excluding diaryl/α,β-unsaturated/α-hetero) is 1. The number of ether oxygens (including phenoxy) is 1. The molecule has 120 valence electrons. The largest absolute Gasteiger partial charge is 0.443 e. The minimum Gasteiger partial charge on any atom is -0.443 e. The molecule has 5 heteroatoms. The zero-order valence-corrected chi connectivity index (χ0v) is 12.9. The molecule has 0 aliphatic heterocycles. The summed E-state index contributed by atoms with van der Waals surface area (Å²) in [6.07, 6.45) is -0.870. The summed E-state index contributed by atoms with van der Waals surface area (Å²) in [4.78, 5) is 23.5. The zero-order chi connectivity index (χ0) is 16.7. The number of carbonyl (C=O) groups is 2. The van der Waals surface area contributed by atoms with E-state index in [1.54, 1.807) is 24.3 Å². The molecule has 23 heavy (non-hydrogen) atoms. The lowest BCUT2D eigenvalue weighted by atomic mass is 10.0. The van der Waals surface area contributed by atoms with Crippen LogP contribution in [0.3, 0.4) is 0 Å². The molecule has 0 aromatic heterocycles. The smallest absolute Gasteiger partial charge is 0.434 e. The molecule has 1 amide bonds. The van der Waals surface area contributed by atoms with Crippen LogP contribution < -0.4 is 0 Å². The van der Waals surface area contributed by atoms with E-state index in [0.717, 1.165) is 5.56 Å². The van der Waals surface area contributed by atoms with E-state index in [9.17, 15) is 14.8 Å². The van der Waals surface area contributed by atoms with Crippen molar-refractivity contribution in [3.8, 4) is 0 Å². The molecular weight excluding hydrogens is 294 g/mol. The van der Waals surface area contributed by atoms with Gasteiger partial charge in [-0.1, -0.05) is 60.7 Å². The topological polar surface area (TPSA) is 66.8 Å². The quantitative estimate of drug-likeness (QED) is 0.652. The average Bonchev–Trinajstić information content (AvgIpc) is 2.58. The third kappa shape index (κ3) is 4.93. The maximum Gasteiger partial charge on any atom is 0.434 e. The van der Waals surface area contributed by atoms with E-state index in [0.29, 0.717) is 10.6 Å². The van der Waals surface area contributed by atoms with Crippen LogP contribution in [0.25, 0.3) is 0 Å². The molecule has 2 rings (SSSR count). The van der Waals surface area contributed by atoms with E-state index < -0.39 is 12.1 Å². The van der Waals surface area contributed by atoms with E-state index in [1.165, 1.54) is 6.92 Å². The van der Waals surface area contributed by atoms with Crippen LogP contribution in [0.2, 0.25) is 0 Å². The maximum absolute atomic E-state index is 12.1. The van der Waals surface area contributed by atoms with Crippen molar-refractivity contribution in [2.75, 3.05) is 0 Å². The van der Waals surface area contributed by atoms with Crippen molar-refractivity contribution in [1.82, 2.24) is 5.06 Å². The van der Waals surface area contributed by atoms with Crippen molar-refractivity contribution in [1.29, 1.82) is 0 Å². The van der Waals surface area contributed by atoms with Crippen molar-refractivity contribution in [3.05, 3.63) is 71.8 Å². The Bertz CT molecular complexity index is 643. The van der Waals surface area contributed by atoms with Crippen molar-refractivity contribution < 1.29 is 19.5 Å². The molecule has 5 nitrogen and oxygen atoms in total. The predicted molar refractivity (Wildman–Crippen MR) is 84.7 cm³/mol. The minimum absolute atomic E-state index is 0.0148. The number of hydrogen-bond donors (Lipinski definition) is 1. The molecule has 1 atom stereocenters. The van der Waals surface area contributed by atoms with Crippen LogP contribution in [-0.2, 0) is 16.1 Å². The Hall–Kier alpha value is -2.66. The Balaban J connectivity index is 2.05. The van der Waals surface area contributed by atoms with Gasteiger partial charge in [-0.25, -0.2) is 4.79 Å². The number of amides is 1. The van der Waals surface area contributed by atoms with Gasteiger partial charge in [0.25, 0.3) is 0 Å². The van der Waals surface area contributed by atoms with E-state index >= 15 is 0 Å². The minimum atomic E-state index is -0.885. The molecule has 1 unspecified atom stereocenters. The first-order valence-corrected chi connectivity index (χ1v) is 7.31. The lowest BCUT2D eigenvalue weighted by Gasteiger charge is -2.25. The first-order chi connectivity index (χ1) is 11.1. The Kier molecular flexibility index (Phi) is 5.88. The Morgan fingerprint density at radius 1 is 1.04 bits per heavy atom. The highest BCUT2D eigenvalue weighted by molar-refractivity contribution is 5.77. The molecule has 0 fully saturated rings. The molecule has 0 radical (unpaired) electrons. The van der Waals surface area contributed by atoms with Crippen LogP contribution >= 0.6 is 0 Å². The molecule has 0 bridgehead atoms. The SMILES string of the molecule is CC(=O)CC(c1ccccc1)N(O)C(=O)OCc1ccccc1. The third-order valence-electron chi connectivity index (χ3n) is 3.35. The van der Waals surface area contributed by atoms with Gasteiger partial charge in [0.15, 0.2) is 0 Å². The highest BCUT2D eigenvalue weighted by Crippen LogP contribution is 2.24. The third-order valence-corrected chi connectivity index (χ3v) is 3.35. The average molecular weight is 313 g/mol. The summed E-state index contributed by atoms with van der Waals surface area (Å²) in [5.41, 5.74) is 1.49. The first-order valence-electron chi connectivity index (χ1n) is 7.31. The molecule has 2 aromatic carbocycles. The molecule has 0 heterocycles. The highest BCUT2D eigenvalue weighted by atomic mass is 16.6. The van der Waals surface area contributed by atoms with Gasteiger partial charge in [0.05, 0.1) is 6.04 Å². The van der Waals surface area contributed by atoms with Crippen LogP contribution in [0.15, 0.2) is 60.7 Å². The van der Waals surface area contributed by atoms with Crippen molar-refractivity contribution in [2.24, 2.45) is 0 Å². The summed E-state index contributed by atoms with van der Waals surface area (Å²) in [5.74, 6) is -0.131. The molecule has 2 aromatic rings. The number of nitrogens with zero attached hydrogens (tertiary/aromatic N) is 1. The molecular formula is C18H19NO4. The lowest BCUT2D eigenvalue weighted by Crippen LogP contribution is -2.33. The number of rotatable bonds is 6. The maximum atomic E-state index is 12.1. The van der Waals surface area contributed by atoms with E-state index in [4.69, 9.17) is 4.74 Å². The molecule has 0 saturated carbocycles. The number of ketones is 1. The van der Waals surface area contributed by atoms with Crippen LogP contribution in [0.4, 0.5) is 4.79 Å². The van der Waals surface area contributed by atoms with Gasteiger partial charge >= 0.3 is 6.09 Å². The number of hydrogen-bond acceptors (Lipinski definition) is 4.